The molecule has 0 bridgehead atoms. The second-order valence-corrected chi connectivity index (χ2v) is 2.66. The van der Waals surface area contributed by atoms with Gasteiger partial charge in [0.1, 0.15) is 0 Å². The van der Waals surface area contributed by atoms with Crippen LogP contribution in [0.15, 0.2) is 24.3 Å². The van der Waals surface area contributed by atoms with Crippen molar-refractivity contribution < 1.29 is 4.79 Å². The Hall–Kier alpha value is -1.31. The zero-order valence-corrected chi connectivity index (χ0v) is 6.08. The molecule has 1 aromatic rings. The number of nitrogens with zero attached hydrogens (tertiary/aromatic N) is 1. The summed E-state index contributed by atoms with van der Waals surface area (Å²) in [5.74, 6) is 0.00343. The molecule has 0 spiro atoms. The van der Waals surface area contributed by atoms with Gasteiger partial charge < -0.3 is 0 Å². The van der Waals surface area contributed by atoms with Crippen LogP contribution in [0.2, 0.25) is 0 Å². The molecule has 1 amide bonds. The minimum atomic E-state index is 0.00343. The lowest BCUT2D eigenvalue weighted by atomic mass is 10.0. The van der Waals surface area contributed by atoms with Crippen molar-refractivity contribution in [3.63, 3.8) is 0 Å². The van der Waals surface area contributed by atoms with Crippen LogP contribution in [0, 0.1) is 0 Å². The second-order valence-electron chi connectivity index (χ2n) is 2.66. The molecule has 1 heterocycles. The summed E-state index contributed by atoms with van der Waals surface area (Å²) >= 11 is 0. The van der Waals surface area contributed by atoms with E-state index in [4.69, 9.17) is 0 Å². The summed E-state index contributed by atoms with van der Waals surface area (Å²) in [5, 5.41) is 3.83. The predicted octanol–water partition coefficient (Wildman–Crippen LogP) is 0.874. The van der Waals surface area contributed by atoms with E-state index in [0.717, 1.165) is 5.56 Å². The molecule has 1 aromatic carbocycles. The summed E-state index contributed by atoms with van der Waals surface area (Å²) in [6, 6.07) is 7.94. The Bertz CT molecular complexity index is 293. The highest BCUT2D eigenvalue weighted by Gasteiger charge is 2.14. The van der Waals surface area contributed by atoms with Gasteiger partial charge in [-0.2, -0.15) is 0 Å². The van der Waals surface area contributed by atoms with Crippen molar-refractivity contribution in [1.82, 2.24) is 5.32 Å². The molecular formula is C9H8NO. The fourth-order valence-corrected chi connectivity index (χ4v) is 1.28. The average molecular weight is 146 g/mol. The Morgan fingerprint density at radius 2 is 1.91 bits per heavy atom. The van der Waals surface area contributed by atoms with E-state index in [9.17, 15) is 4.79 Å². The molecule has 1 aliphatic heterocycles. The first-order valence-electron chi connectivity index (χ1n) is 3.63. The Labute approximate surface area is 65.2 Å². The summed E-state index contributed by atoms with van der Waals surface area (Å²) in [5.41, 5.74) is 2.32. The zero-order chi connectivity index (χ0) is 7.68. The first kappa shape index (κ1) is 6.40. The second kappa shape index (κ2) is 2.38. The van der Waals surface area contributed by atoms with Gasteiger partial charge in [0.25, 0.3) is 0 Å². The van der Waals surface area contributed by atoms with Crippen molar-refractivity contribution in [3.8, 4) is 0 Å². The van der Waals surface area contributed by atoms with E-state index in [0.29, 0.717) is 13.0 Å². The standard InChI is InChI=1S/C9H8NO/c11-9-5-7-3-1-2-4-8(7)6-10-9/h1-4H,5-6H2. The lowest BCUT2D eigenvalue weighted by Gasteiger charge is -2.13. The number of hydrogen-bond donors (Lipinski definition) is 0. The van der Waals surface area contributed by atoms with Crippen molar-refractivity contribution in [2.24, 2.45) is 0 Å². The van der Waals surface area contributed by atoms with E-state index >= 15 is 0 Å². The minimum absolute atomic E-state index is 0.00343. The van der Waals surface area contributed by atoms with Gasteiger partial charge in [0.05, 0.1) is 13.0 Å². The molecule has 55 valence electrons. The van der Waals surface area contributed by atoms with Crippen LogP contribution in [-0.4, -0.2) is 5.91 Å². The van der Waals surface area contributed by atoms with Gasteiger partial charge in [0, 0.05) is 0 Å². The topological polar surface area (TPSA) is 31.2 Å². The minimum Gasteiger partial charge on any atom is -0.273 e. The van der Waals surface area contributed by atoms with Gasteiger partial charge in [-0.15, -0.1) is 0 Å². The molecule has 0 aromatic heterocycles. The maximum absolute atomic E-state index is 10.9. The Kier molecular flexibility index (Phi) is 1.39. The lowest BCUT2D eigenvalue weighted by Crippen LogP contribution is -2.23. The Morgan fingerprint density at radius 3 is 2.73 bits per heavy atom. The number of carbonyl (C=O) groups excluding carboxylic acids is 1. The van der Waals surface area contributed by atoms with Gasteiger partial charge in [-0.3, -0.25) is 4.79 Å². The van der Waals surface area contributed by atoms with Crippen LogP contribution < -0.4 is 5.32 Å². The third-order valence-electron chi connectivity index (χ3n) is 1.89. The van der Waals surface area contributed by atoms with Gasteiger partial charge in [0.2, 0.25) is 5.91 Å². The highest BCUT2D eigenvalue weighted by Crippen LogP contribution is 2.13. The summed E-state index contributed by atoms with van der Waals surface area (Å²) in [6.45, 7) is 0.564. The maximum atomic E-state index is 10.9. The molecule has 1 aliphatic rings. The Morgan fingerprint density at radius 1 is 1.18 bits per heavy atom. The van der Waals surface area contributed by atoms with E-state index in [1.54, 1.807) is 0 Å². The van der Waals surface area contributed by atoms with Crippen molar-refractivity contribution in [2.75, 3.05) is 0 Å². The SMILES string of the molecule is O=C1Cc2ccccc2C[N]1. The van der Waals surface area contributed by atoms with E-state index in [1.807, 2.05) is 24.3 Å². The van der Waals surface area contributed by atoms with Crippen LogP contribution >= 0.6 is 0 Å². The molecule has 0 aliphatic carbocycles. The van der Waals surface area contributed by atoms with E-state index in [1.165, 1.54) is 5.56 Å². The van der Waals surface area contributed by atoms with Crippen LogP contribution in [0.4, 0.5) is 0 Å². The van der Waals surface area contributed by atoms with E-state index in [-0.39, 0.29) is 5.91 Å². The maximum Gasteiger partial charge on any atom is 0.245 e. The number of fused-ring (bicyclic) bond motifs is 1. The van der Waals surface area contributed by atoms with Crippen molar-refractivity contribution >= 4 is 5.91 Å². The molecule has 0 atom stereocenters. The normalized spacial score (nSPS) is 15.5. The molecule has 0 N–H and O–H groups in total. The first-order chi connectivity index (χ1) is 5.36. The van der Waals surface area contributed by atoms with Crippen LogP contribution in [0.1, 0.15) is 11.1 Å². The lowest BCUT2D eigenvalue weighted by molar-refractivity contribution is -0.121. The third-order valence-corrected chi connectivity index (χ3v) is 1.89. The smallest absolute Gasteiger partial charge is 0.245 e. The molecule has 1 radical (unpaired) electrons. The summed E-state index contributed by atoms with van der Waals surface area (Å²) in [7, 11) is 0. The third kappa shape index (κ3) is 1.11. The highest BCUT2D eigenvalue weighted by atomic mass is 16.1. The van der Waals surface area contributed by atoms with Gasteiger partial charge in [-0.1, -0.05) is 24.3 Å². The van der Waals surface area contributed by atoms with Gasteiger partial charge in [-0.05, 0) is 11.1 Å². The Balaban J connectivity index is 2.41. The monoisotopic (exact) mass is 146 g/mol. The molecule has 11 heavy (non-hydrogen) atoms. The van der Waals surface area contributed by atoms with Crippen LogP contribution in [0.3, 0.4) is 0 Å². The number of amides is 1. The summed E-state index contributed by atoms with van der Waals surface area (Å²) in [6.07, 6.45) is 0.482. The number of rotatable bonds is 0. The number of carbonyl (C=O) groups is 1. The molecule has 0 saturated heterocycles. The van der Waals surface area contributed by atoms with Gasteiger partial charge >= 0.3 is 0 Å². The largest absolute Gasteiger partial charge is 0.273 e. The molecule has 2 nitrogen and oxygen atoms in total. The van der Waals surface area contributed by atoms with Crippen molar-refractivity contribution in [2.45, 2.75) is 13.0 Å². The fourth-order valence-electron chi connectivity index (χ4n) is 1.28. The summed E-state index contributed by atoms with van der Waals surface area (Å²) in [4.78, 5) is 10.9. The van der Waals surface area contributed by atoms with Crippen LogP contribution in [0.5, 0.6) is 0 Å². The predicted molar refractivity (Wildman–Crippen MR) is 41.0 cm³/mol. The number of benzene rings is 1. The molecule has 0 unspecified atom stereocenters. The van der Waals surface area contributed by atoms with Crippen molar-refractivity contribution in [3.05, 3.63) is 35.4 Å². The highest BCUT2D eigenvalue weighted by molar-refractivity contribution is 5.80. The molecule has 2 heteroatoms. The van der Waals surface area contributed by atoms with Gasteiger partial charge in [0.15, 0.2) is 0 Å². The first-order valence-corrected chi connectivity index (χ1v) is 3.63. The quantitative estimate of drug-likeness (QED) is 0.534. The zero-order valence-electron chi connectivity index (χ0n) is 6.08. The number of hydrogen-bond acceptors (Lipinski definition) is 1. The molecule has 2 rings (SSSR count). The average Bonchev–Trinajstić information content (AvgIpc) is 2.04. The summed E-state index contributed by atoms with van der Waals surface area (Å²) < 4.78 is 0. The van der Waals surface area contributed by atoms with E-state index < -0.39 is 0 Å². The van der Waals surface area contributed by atoms with Crippen LogP contribution in [-0.2, 0) is 17.8 Å². The van der Waals surface area contributed by atoms with Crippen molar-refractivity contribution in [1.29, 1.82) is 0 Å². The van der Waals surface area contributed by atoms with Crippen LogP contribution in [0.25, 0.3) is 0 Å². The molecular weight excluding hydrogens is 138 g/mol. The fraction of sp³-hybridized carbons (Fsp3) is 0.222. The van der Waals surface area contributed by atoms with Gasteiger partial charge in [-0.25, -0.2) is 5.32 Å². The molecule has 0 fully saturated rings. The van der Waals surface area contributed by atoms with E-state index in [2.05, 4.69) is 5.32 Å². The molecule has 0 saturated carbocycles.